The maximum atomic E-state index is 13.9. The summed E-state index contributed by atoms with van der Waals surface area (Å²) in [7, 11) is 0. The summed E-state index contributed by atoms with van der Waals surface area (Å²) in [5.41, 5.74) is 1.87. The topological polar surface area (TPSA) is 15.3 Å². The molecular weight excluding hydrogens is 227 g/mol. The molecule has 0 saturated carbocycles. The summed E-state index contributed by atoms with van der Waals surface area (Å²) in [6.07, 6.45) is 1.14. The zero-order valence-corrected chi connectivity index (χ0v) is 11.5. The second kappa shape index (κ2) is 5.70. The lowest BCUT2D eigenvalue weighted by atomic mass is 10.0. The minimum atomic E-state index is -0.106. The third-order valence-corrected chi connectivity index (χ3v) is 3.45. The average molecular weight is 250 g/mol. The Hall–Kier alpha value is -1.09. The van der Waals surface area contributed by atoms with Crippen LogP contribution in [0.4, 0.5) is 10.1 Å². The van der Waals surface area contributed by atoms with Crippen molar-refractivity contribution in [2.45, 2.75) is 33.2 Å². The molecule has 0 radical (unpaired) electrons. The van der Waals surface area contributed by atoms with E-state index in [0.717, 1.165) is 37.3 Å². The average Bonchev–Trinajstić information content (AvgIpc) is 2.32. The van der Waals surface area contributed by atoms with Crippen LogP contribution in [0, 0.1) is 18.7 Å². The van der Waals surface area contributed by atoms with E-state index in [2.05, 4.69) is 24.1 Å². The van der Waals surface area contributed by atoms with E-state index in [9.17, 15) is 4.39 Å². The van der Waals surface area contributed by atoms with Crippen molar-refractivity contribution in [3.05, 3.63) is 29.6 Å². The molecule has 2 nitrogen and oxygen atoms in total. The van der Waals surface area contributed by atoms with Crippen LogP contribution in [0.5, 0.6) is 0 Å². The molecule has 0 amide bonds. The van der Waals surface area contributed by atoms with Gasteiger partial charge in [-0.2, -0.15) is 0 Å². The van der Waals surface area contributed by atoms with Gasteiger partial charge >= 0.3 is 0 Å². The smallest absolute Gasteiger partial charge is 0.146 e. The first-order chi connectivity index (χ1) is 8.56. The van der Waals surface area contributed by atoms with Crippen LogP contribution in [0.2, 0.25) is 0 Å². The number of benzene rings is 1. The Kier molecular flexibility index (Phi) is 4.23. The van der Waals surface area contributed by atoms with Gasteiger partial charge in [-0.05, 0) is 37.0 Å². The lowest BCUT2D eigenvalue weighted by Crippen LogP contribution is -2.51. The molecule has 0 aromatic heterocycles. The molecule has 18 heavy (non-hydrogen) atoms. The predicted molar refractivity (Wildman–Crippen MR) is 74.6 cm³/mol. The van der Waals surface area contributed by atoms with Gasteiger partial charge in [-0.3, -0.25) is 0 Å². The second-order valence-corrected chi connectivity index (χ2v) is 5.68. The number of aryl methyl sites for hydroxylation is 1. The molecule has 1 unspecified atom stereocenters. The Balaban J connectivity index is 2.10. The van der Waals surface area contributed by atoms with Crippen LogP contribution in [0.3, 0.4) is 0 Å². The van der Waals surface area contributed by atoms with Crippen molar-refractivity contribution in [3.63, 3.8) is 0 Å². The van der Waals surface area contributed by atoms with E-state index in [1.165, 1.54) is 0 Å². The number of hydrogen-bond acceptors (Lipinski definition) is 2. The summed E-state index contributed by atoms with van der Waals surface area (Å²) in [5.74, 6) is 0.565. The predicted octanol–water partition coefficient (Wildman–Crippen LogP) is 2.96. The van der Waals surface area contributed by atoms with E-state index < -0.39 is 0 Å². The van der Waals surface area contributed by atoms with Crippen molar-refractivity contribution in [1.29, 1.82) is 0 Å². The summed E-state index contributed by atoms with van der Waals surface area (Å²) in [5, 5.41) is 3.52. The summed E-state index contributed by atoms with van der Waals surface area (Å²) >= 11 is 0. The highest BCUT2D eigenvalue weighted by molar-refractivity contribution is 5.50. The number of hydrogen-bond donors (Lipinski definition) is 1. The molecule has 1 atom stereocenters. The first-order valence-electron chi connectivity index (χ1n) is 6.80. The Labute approximate surface area is 109 Å². The minimum Gasteiger partial charge on any atom is -0.366 e. The van der Waals surface area contributed by atoms with E-state index in [-0.39, 0.29) is 5.82 Å². The van der Waals surface area contributed by atoms with E-state index in [4.69, 9.17) is 0 Å². The van der Waals surface area contributed by atoms with Crippen LogP contribution < -0.4 is 10.2 Å². The van der Waals surface area contributed by atoms with E-state index >= 15 is 0 Å². The molecule has 0 aliphatic carbocycles. The molecule has 1 fully saturated rings. The quantitative estimate of drug-likeness (QED) is 0.887. The largest absolute Gasteiger partial charge is 0.366 e. The standard InChI is InChI=1S/C15H23FN2/c1-11(2)8-13-10-18(7-6-17-13)15-9-12(3)4-5-14(15)16/h4-5,9,11,13,17H,6-8,10H2,1-3H3. The molecule has 1 heterocycles. The van der Waals surface area contributed by atoms with Gasteiger partial charge in [0.1, 0.15) is 5.82 Å². The number of anilines is 1. The van der Waals surface area contributed by atoms with Gasteiger partial charge in [-0.1, -0.05) is 19.9 Å². The fourth-order valence-electron chi connectivity index (χ4n) is 2.64. The molecule has 1 saturated heterocycles. The third kappa shape index (κ3) is 3.22. The van der Waals surface area contributed by atoms with Crippen LogP contribution in [0.1, 0.15) is 25.8 Å². The fourth-order valence-corrected chi connectivity index (χ4v) is 2.64. The first kappa shape index (κ1) is 13.3. The summed E-state index contributed by atoms with van der Waals surface area (Å²) in [4.78, 5) is 2.17. The Bertz CT molecular complexity index is 403. The van der Waals surface area contributed by atoms with Crippen LogP contribution in [-0.4, -0.2) is 25.7 Å². The maximum Gasteiger partial charge on any atom is 0.146 e. The summed E-state index contributed by atoms with van der Waals surface area (Å²) in [6.45, 7) is 9.19. The van der Waals surface area contributed by atoms with Crippen molar-refractivity contribution >= 4 is 5.69 Å². The zero-order valence-electron chi connectivity index (χ0n) is 11.5. The molecule has 1 aromatic rings. The zero-order chi connectivity index (χ0) is 13.1. The third-order valence-electron chi connectivity index (χ3n) is 3.45. The number of rotatable bonds is 3. The van der Waals surface area contributed by atoms with Gasteiger partial charge < -0.3 is 10.2 Å². The molecule has 1 N–H and O–H groups in total. The van der Waals surface area contributed by atoms with Gasteiger partial charge in [0.15, 0.2) is 0 Å². The SMILES string of the molecule is Cc1ccc(F)c(N2CCNC(CC(C)C)C2)c1. The van der Waals surface area contributed by atoms with E-state index in [1.807, 2.05) is 19.1 Å². The van der Waals surface area contributed by atoms with Crippen LogP contribution >= 0.6 is 0 Å². The molecule has 1 aliphatic rings. The number of nitrogens with zero attached hydrogens (tertiary/aromatic N) is 1. The van der Waals surface area contributed by atoms with Crippen molar-refractivity contribution < 1.29 is 4.39 Å². The van der Waals surface area contributed by atoms with Gasteiger partial charge in [0.2, 0.25) is 0 Å². The molecule has 3 heteroatoms. The molecule has 0 spiro atoms. The van der Waals surface area contributed by atoms with Gasteiger partial charge in [0.25, 0.3) is 0 Å². The van der Waals surface area contributed by atoms with Crippen LogP contribution in [-0.2, 0) is 0 Å². The Morgan fingerprint density at radius 3 is 2.94 bits per heavy atom. The van der Waals surface area contributed by atoms with Gasteiger partial charge in [0, 0.05) is 25.7 Å². The Morgan fingerprint density at radius 1 is 1.44 bits per heavy atom. The fraction of sp³-hybridized carbons (Fsp3) is 0.600. The molecule has 100 valence electrons. The molecule has 1 aromatic carbocycles. The number of nitrogens with one attached hydrogen (secondary N) is 1. The van der Waals surface area contributed by atoms with Crippen molar-refractivity contribution in [3.8, 4) is 0 Å². The molecule has 1 aliphatic heterocycles. The van der Waals surface area contributed by atoms with E-state index in [1.54, 1.807) is 6.07 Å². The Morgan fingerprint density at radius 2 is 2.22 bits per heavy atom. The highest BCUT2D eigenvalue weighted by atomic mass is 19.1. The van der Waals surface area contributed by atoms with E-state index in [0.29, 0.717) is 12.0 Å². The van der Waals surface area contributed by atoms with Gasteiger partial charge in [-0.15, -0.1) is 0 Å². The second-order valence-electron chi connectivity index (χ2n) is 5.68. The number of halogens is 1. The lowest BCUT2D eigenvalue weighted by Gasteiger charge is -2.36. The summed E-state index contributed by atoms with van der Waals surface area (Å²) in [6, 6.07) is 5.82. The molecule has 2 rings (SSSR count). The maximum absolute atomic E-state index is 13.9. The van der Waals surface area contributed by atoms with Gasteiger partial charge in [0.05, 0.1) is 5.69 Å². The van der Waals surface area contributed by atoms with Crippen molar-refractivity contribution in [2.24, 2.45) is 5.92 Å². The van der Waals surface area contributed by atoms with Crippen LogP contribution in [0.25, 0.3) is 0 Å². The minimum absolute atomic E-state index is 0.106. The first-order valence-corrected chi connectivity index (χ1v) is 6.80. The lowest BCUT2D eigenvalue weighted by molar-refractivity contribution is 0.386. The molecular formula is C15H23FN2. The van der Waals surface area contributed by atoms with Crippen LogP contribution in [0.15, 0.2) is 18.2 Å². The number of piperazine rings is 1. The monoisotopic (exact) mass is 250 g/mol. The van der Waals surface area contributed by atoms with Crippen molar-refractivity contribution in [1.82, 2.24) is 5.32 Å². The highest BCUT2D eigenvalue weighted by Crippen LogP contribution is 2.23. The van der Waals surface area contributed by atoms with Gasteiger partial charge in [-0.25, -0.2) is 4.39 Å². The highest BCUT2D eigenvalue weighted by Gasteiger charge is 2.22. The molecule has 0 bridgehead atoms. The normalized spacial score (nSPS) is 20.5. The summed E-state index contributed by atoms with van der Waals surface area (Å²) < 4.78 is 13.9. The van der Waals surface area contributed by atoms with Crippen molar-refractivity contribution in [2.75, 3.05) is 24.5 Å².